The minimum atomic E-state index is 0. The van der Waals surface area contributed by atoms with Crippen LogP contribution < -0.4 is 10.2 Å². The molecule has 0 aromatic carbocycles. The minimum Gasteiger partial charge on any atom is -0.353 e. The Morgan fingerprint density at radius 2 is 2.00 bits per heavy atom. The summed E-state index contributed by atoms with van der Waals surface area (Å²) in [7, 11) is 1.85. The molecule has 1 saturated heterocycles. The molecule has 2 aromatic heterocycles. The number of thiophene rings is 1. The molecule has 7 heteroatoms. The maximum absolute atomic E-state index is 4.43. The summed E-state index contributed by atoms with van der Waals surface area (Å²) in [5.74, 6) is 2.04. The van der Waals surface area contributed by atoms with Crippen molar-refractivity contribution in [2.45, 2.75) is 13.5 Å². The molecule has 5 nitrogen and oxygen atoms in total. The Hall–Kier alpha value is -1.35. The number of halogens is 1. The number of aliphatic imine (C=N–C) groups is 1. The Bertz CT molecular complexity index is 650. The maximum Gasteiger partial charge on any atom is 0.194 e. The highest BCUT2D eigenvalue weighted by molar-refractivity contribution is 14.0. The Kier molecular flexibility index (Phi) is 7.29. The number of rotatable bonds is 3. The van der Waals surface area contributed by atoms with E-state index in [1.165, 1.54) is 9.75 Å². The molecule has 0 amide bonds. The van der Waals surface area contributed by atoms with Crippen molar-refractivity contribution in [3.05, 3.63) is 46.3 Å². The number of aromatic nitrogens is 1. The van der Waals surface area contributed by atoms with Gasteiger partial charge in [-0.05, 0) is 31.2 Å². The van der Waals surface area contributed by atoms with E-state index in [1.54, 1.807) is 0 Å². The third kappa shape index (κ3) is 4.83. The molecule has 2 aromatic rings. The van der Waals surface area contributed by atoms with Gasteiger partial charge in [-0.25, -0.2) is 4.98 Å². The van der Waals surface area contributed by atoms with Gasteiger partial charge < -0.3 is 15.1 Å². The highest BCUT2D eigenvalue weighted by Gasteiger charge is 2.20. The topological polar surface area (TPSA) is 43.8 Å². The lowest BCUT2D eigenvalue weighted by Gasteiger charge is -2.37. The Balaban J connectivity index is 0.00000208. The quantitative estimate of drug-likeness (QED) is 0.438. The Morgan fingerprint density at radius 3 is 2.58 bits per heavy atom. The highest BCUT2D eigenvalue weighted by Crippen LogP contribution is 2.15. The smallest absolute Gasteiger partial charge is 0.194 e. The van der Waals surface area contributed by atoms with Gasteiger partial charge in [-0.2, -0.15) is 0 Å². The zero-order chi connectivity index (χ0) is 16.1. The minimum absolute atomic E-state index is 0. The van der Waals surface area contributed by atoms with Gasteiger partial charge in [0.15, 0.2) is 5.96 Å². The van der Waals surface area contributed by atoms with Gasteiger partial charge in [0.05, 0.1) is 6.54 Å². The fraction of sp³-hybridized carbons (Fsp3) is 0.412. The van der Waals surface area contributed by atoms with E-state index in [1.807, 2.05) is 36.7 Å². The third-order valence-corrected chi connectivity index (χ3v) is 4.98. The summed E-state index contributed by atoms with van der Waals surface area (Å²) in [6.45, 7) is 6.83. The maximum atomic E-state index is 4.43. The van der Waals surface area contributed by atoms with E-state index < -0.39 is 0 Å². The predicted molar refractivity (Wildman–Crippen MR) is 113 cm³/mol. The summed E-state index contributed by atoms with van der Waals surface area (Å²) in [6.07, 6.45) is 1.85. The van der Waals surface area contributed by atoms with Gasteiger partial charge in [-0.1, -0.05) is 6.07 Å². The number of piperazine rings is 1. The highest BCUT2D eigenvalue weighted by atomic mass is 127. The van der Waals surface area contributed by atoms with Crippen LogP contribution in [0.2, 0.25) is 0 Å². The van der Waals surface area contributed by atoms with Crippen LogP contribution in [0.4, 0.5) is 5.82 Å². The van der Waals surface area contributed by atoms with Crippen molar-refractivity contribution in [2.75, 3.05) is 38.1 Å². The van der Waals surface area contributed by atoms with E-state index in [2.05, 4.69) is 50.2 Å². The van der Waals surface area contributed by atoms with Gasteiger partial charge in [0, 0.05) is 49.2 Å². The predicted octanol–water partition coefficient (Wildman–Crippen LogP) is 2.97. The average Bonchev–Trinajstić information content (AvgIpc) is 3.02. The zero-order valence-corrected chi connectivity index (χ0v) is 17.3. The van der Waals surface area contributed by atoms with E-state index in [0.717, 1.165) is 44.5 Å². The SMILES string of the molecule is CN=C(NCc1ccc(C)s1)N1CCN(c2ccccn2)CC1.I. The summed E-state index contributed by atoms with van der Waals surface area (Å²) in [5.41, 5.74) is 0. The molecule has 130 valence electrons. The fourth-order valence-corrected chi connectivity index (χ4v) is 3.60. The summed E-state index contributed by atoms with van der Waals surface area (Å²) in [6, 6.07) is 10.4. The molecule has 0 saturated carbocycles. The largest absolute Gasteiger partial charge is 0.353 e. The van der Waals surface area contributed by atoms with E-state index >= 15 is 0 Å². The Labute approximate surface area is 164 Å². The monoisotopic (exact) mass is 457 g/mol. The first-order valence-corrected chi connectivity index (χ1v) is 8.75. The van der Waals surface area contributed by atoms with E-state index in [0.29, 0.717) is 0 Å². The average molecular weight is 457 g/mol. The first-order chi connectivity index (χ1) is 11.3. The molecule has 0 atom stereocenters. The van der Waals surface area contributed by atoms with Crippen LogP contribution in [-0.4, -0.2) is 49.1 Å². The molecule has 0 radical (unpaired) electrons. The van der Waals surface area contributed by atoms with Gasteiger partial charge in [-0.15, -0.1) is 35.3 Å². The van der Waals surface area contributed by atoms with Crippen LogP contribution in [0.1, 0.15) is 9.75 Å². The van der Waals surface area contributed by atoms with Crippen LogP contribution in [-0.2, 0) is 6.54 Å². The first-order valence-electron chi connectivity index (χ1n) is 7.93. The van der Waals surface area contributed by atoms with Crippen molar-refractivity contribution < 1.29 is 0 Å². The molecular formula is C17H24IN5S. The van der Waals surface area contributed by atoms with E-state index in [-0.39, 0.29) is 24.0 Å². The molecular weight excluding hydrogens is 433 g/mol. The molecule has 0 aliphatic carbocycles. The number of nitrogens with one attached hydrogen (secondary N) is 1. The second-order valence-electron chi connectivity index (χ2n) is 5.58. The van der Waals surface area contributed by atoms with Crippen LogP contribution in [0.3, 0.4) is 0 Å². The van der Waals surface area contributed by atoms with E-state index in [9.17, 15) is 0 Å². The van der Waals surface area contributed by atoms with Crippen LogP contribution in [0.25, 0.3) is 0 Å². The lowest BCUT2D eigenvalue weighted by molar-refractivity contribution is 0.371. The van der Waals surface area contributed by atoms with Gasteiger partial charge in [0.25, 0.3) is 0 Å². The summed E-state index contributed by atoms with van der Waals surface area (Å²) in [5, 5.41) is 3.48. The van der Waals surface area contributed by atoms with Gasteiger partial charge in [0.1, 0.15) is 5.82 Å². The number of anilines is 1. The summed E-state index contributed by atoms with van der Waals surface area (Å²) >= 11 is 1.83. The van der Waals surface area contributed by atoms with Crippen molar-refractivity contribution in [1.29, 1.82) is 0 Å². The van der Waals surface area contributed by atoms with Crippen LogP contribution in [0.5, 0.6) is 0 Å². The zero-order valence-electron chi connectivity index (χ0n) is 14.1. The molecule has 0 bridgehead atoms. The molecule has 1 N–H and O–H groups in total. The number of guanidine groups is 1. The van der Waals surface area contributed by atoms with Crippen molar-refractivity contribution in [3.8, 4) is 0 Å². The number of hydrogen-bond acceptors (Lipinski definition) is 4. The molecule has 1 fully saturated rings. The van der Waals surface area contributed by atoms with Gasteiger partial charge in [-0.3, -0.25) is 4.99 Å². The number of aryl methyl sites for hydroxylation is 1. The normalized spacial score (nSPS) is 15.2. The lowest BCUT2D eigenvalue weighted by atomic mass is 10.3. The molecule has 3 rings (SSSR count). The lowest BCUT2D eigenvalue weighted by Crippen LogP contribution is -2.52. The molecule has 0 spiro atoms. The fourth-order valence-electron chi connectivity index (χ4n) is 2.77. The standard InChI is InChI=1S/C17H23N5S.HI/c1-14-6-7-15(23-14)13-20-17(18-2)22-11-9-21(10-12-22)16-5-3-4-8-19-16;/h3-8H,9-13H2,1-2H3,(H,18,20);1H. The second kappa shape index (κ2) is 9.22. The van der Waals surface area contributed by atoms with Crippen LogP contribution in [0.15, 0.2) is 41.5 Å². The number of hydrogen-bond donors (Lipinski definition) is 1. The second-order valence-corrected chi connectivity index (χ2v) is 6.95. The number of nitrogens with zero attached hydrogens (tertiary/aromatic N) is 4. The van der Waals surface area contributed by atoms with Gasteiger partial charge >= 0.3 is 0 Å². The summed E-state index contributed by atoms with van der Waals surface area (Å²) < 4.78 is 0. The first kappa shape index (κ1) is 19.0. The third-order valence-electron chi connectivity index (χ3n) is 3.98. The molecule has 3 heterocycles. The number of pyridine rings is 1. The summed E-state index contributed by atoms with van der Waals surface area (Å²) in [4.78, 5) is 16.2. The molecule has 1 aliphatic rings. The van der Waals surface area contributed by atoms with Crippen molar-refractivity contribution in [2.24, 2.45) is 4.99 Å². The van der Waals surface area contributed by atoms with Crippen molar-refractivity contribution >= 4 is 47.1 Å². The molecule has 24 heavy (non-hydrogen) atoms. The van der Waals surface area contributed by atoms with E-state index in [4.69, 9.17) is 0 Å². The van der Waals surface area contributed by atoms with Crippen LogP contribution >= 0.6 is 35.3 Å². The Morgan fingerprint density at radius 1 is 1.21 bits per heavy atom. The van der Waals surface area contributed by atoms with Gasteiger partial charge in [0.2, 0.25) is 0 Å². The molecule has 1 aliphatic heterocycles. The molecule has 0 unspecified atom stereocenters. The van der Waals surface area contributed by atoms with Crippen LogP contribution in [0, 0.1) is 6.92 Å². The van der Waals surface area contributed by atoms with Crippen molar-refractivity contribution in [1.82, 2.24) is 15.2 Å². The van der Waals surface area contributed by atoms with Crippen molar-refractivity contribution in [3.63, 3.8) is 0 Å².